The molecule has 0 atom stereocenters. The first-order chi connectivity index (χ1) is 16.8. The highest BCUT2D eigenvalue weighted by atomic mass is 32.1. The largest absolute Gasteiger partial charge is 0.134 e. The molecule has 0 unspecified atom stereocenters. The number of thiophene rings is 1. The zero-order chi connectivity index (χ0) is 22.6. The van der Waals surface area contributed by atoms with E-state index in [1.54, 1.807) is 0 Å². The molecule has 0 saturated heterocycles. The fourth-order valence-corrected chi connectivity index (χ4v) is 6.62. The summed E-state index contributed by atoms with van der Waals surface area (Å²) in [7, 11) is 0. The SMILES string of the molecule is Cc1cccc2c1sc1c(-c3ccc(-c4cc5ccccc5c5ccccc45)cc3)cccc12. The molecule has 1 heteroatoms. The molecule has 1 heterocycles. The van der Waals surface area contributed by atoms with Gasteiger partial charge in [-0.2, -0.15) is 0 Å². The van der Waals surface area contributed by atoms with Gasteiger partial charge in [-0.25, -0.2) is 0 Å². The van der Waals surface area contributed by atoms with Crippen LogP contribution >= 0.6 is 11.3 Å². The summed E-state index contributed by atoms with van der Waals surface area (Å²) in [5.41, 5.74) is 6.47. The highest BCUT2D eigenvalue weighted by Gasteiger charge is 2.12. The summed E-state index contributed by atoms with van der Waals surface area (Å²) in [5.74, 6) is 0. The molecular weight excluding hydrogens is 428 g/mol. The van der Waals surface area contributed by atoms with E-state index in [-0.39, 0.29) is 0 Å². The number of hydrogen-bond acceptors (Lipinski definition) is 1. The summed E-state index contributed by atoms with van der Waals surface area (Å²) in [5, 5.41) is 7.92. The van der Waals surface area contributed by atoms with Gasteiger partial charge < -0.3 is 0 Å². The van der Waals surface area contributed by atoms with Crippen molar-refractivity contribution in [3.05, 3.63) is 121 Å². The molecule has 0 aliphatic rings. The molecule has 6 aromatic carbocycles. The molecule has 7 aromatic rings. The summed E-state index contributed by atoms with van der Waals surface area (Å²) < 4.78 is 2.76. The number of benzene rings is 6. The quantitative estimate of drug-likeness (QED) is 0.230. The van der Waals surface area contributed by atoms with Crippen molar-refractivity contribution in [2.75, 3.05) is 0 Å². The maximum Gasteiger partial charge on any atom is 0.0433 e. The van der Waals surface area contributed by atoms with Crippen LogP contribution < -0.4 is 0 Å². The Balaban J connectivity index is 1.40. The average Bonchev–Trinajstić information content (AvgIpc) is 3.29. The lowest BCUT2D eigenvalue weighted by atomic mass is 9.92. The van der Waals surface area contributed by atoms with Crippen LogP contribution in [-0.2, 0) is 0 Å². The van der Waals surface area contributed by atoms with Crippen LogP contribution in [0, 0.1) is 6.92 Å². The van der Waals surface area contributed by atoms with Crippen molar-refractivity contribution in [1.29, 1.82) is 0 Å². The lowest BCUT2D eigenvalue weighted by molar-refractivity contribution is 1.56. The molecule has 0 bridgehead atoms. The Labute approximate surface area is 202 Å². The average molecular weight is 451 g/mol. The van der Waals surface area contributed by atoms with E-state index in [1.807, 2.05) is 11.3 Å². The van der Waals surface area contributed by atoms with Crippen LogP contribution in [0.4, 0.5) is 0 Å². The zero-order valence-electron chi connectivity index (χ0n) is 18.9. The Kier molecular flexibility index (Phi) is 4.33. The van der Waals surface area contributed by atoms with Gasteiger partial charge in [-0.1, -0.05) is 109 Å². The minimum atomic E-state index is 1.25. The van der Waals surface area contributed by atoms with E-state index < -0.39 is 0 Å². The van der Waals surface area contributed by atoms with Crippen LogP contribution in [-0.4, -0.2) is 0 Å². The Bertz CT molecular complexity index is 1850. The Morgan fingerprint density at radius 2 is 1.03 bits per heavy atom. The molecule has 7 rings (SSSR count). The van der Waals surface area contributed by atoms with E-state index in [0.29, 0.717) is 0 Å². The first-order valence-corrected chi connectivity index (χ1v) is 12.5. The van der Waals surface area contributed by atoms with Crippen LogP contribution in [0.1, 0.15) is 5.56 Å². The van der Waals surface area contributed by atoms with E-state index in [1.165, 1.54) is 69.5 Å². The minimum absolute atomic E-state index is 1.25. The molecule has 1 aromatic heterocycles. The summed E-state index contributed by atoms with van der Waals surface area (Å²) in [6, 6.07) is 42.2. The molecule has 34 heavy (non-hydrogen) atoms. The number of aryl methyl sites for hydroxylation is 1. The summed E-state index contributed by atoms with van der Waals surface area (Å²) in [6.07, 6.45) is 0. The van der Waals surface area contributed by atoms with E-state index in [9.17, 15) is 0 Å². The van der Waals surface area contributed by atoms with Crippen molar-refractivity contribution in [2.45, 2.75) is 6.92 Å². The van der Waals surface area contributed by atoms with Crippen molar-refractivity contribution in [2.24, 2.45) is 0 Å². The second-order valence-electron chi connectivity index (χ2n) is 9.00. The predicted octanol–water partition coefficient (Wildman–Crippen LogP) is 10.0. The lowest BCUT2D eigenvalue weighted by Gasteiger charge is -2.12. The van der Waals surface area contributed by atoms with E-state index in [2.05, 4.69) is 122 Å². The smallest absolute Gasteiger partial charge is 0.0433 e. The molecule has 0 radical (unpaired) electrons. The van der Waals surface area contributed by atoms with Crippen LogP contribution in [0.25, 0.3) is 64.0 Å². The molecule has 0 amide bonds. The van der Waals surface area contributed by atoms with Gasteiger partial charge in [-0.05, 0) is 62.4 Å². The first-order valence-electron chi connectivity index (χ1n) is 11.7. The van der Waals surface area contributed by atoms with Gasteiger partial charge in [0.1, 0.15) is 0 Å². The lowest BCUT2D eigenvalue weighted by Crippen LogP contribution is -1.85. The monoisotopic (exact) mass is 450 g/mol. The molecule has 0 fully saturated rings. The molecule has 160 valence electrons. The number of hydrogen-bond donors (Lipinski definition) is 0. The normalized spacial score (nSPS) is 11.7. The molecule has 0 saturated carbocycles. The predicted molar refractivity (Wildman–Crippen MR) is 150 cm³/mol. The fourth-order valence-electron chi connectivity index (χ4n) is 5.31. The summed E-state index contributed by atoms with van der Waals surface area (Å²) in [6.45, 7) is 2.21. The maximum atomic E-state index is 2.34. The van der Waals surface area contributed by atoms with Crippen molar-refractivity contribution >= 4 is 53.1 Å². The van der Waals surface area contributed by atoms with Gasteiger partial charge >= 0.3 is 0 Å². The first kappa shape index (κ1) is 19.5. The van der Waals surface area contributed by atoms with Crippen molar-refractivity contribution < 1.29 is 0 Å². The molecule has 0 nitrogen and oxygen atoms in total. The Hall–Kier alpha value is -3.94. The zero-order valence-corrected chi connectivity index (χ0v) is 19.7. The van der Waals surface area contributed by atoms with Crippen molar-refractivity contribution in [1.82, 2.24) is 0 Å². The second kappa shape index (κ2) is 7.55. The molecule has 0 aliphatic carbocycles. The van der Waals surface area contributed by atoms with Crippen molar-refractivity contribution in [3.8, 4) is 22.3 Å². The summed E-state index contributed by atoms with van der Waals surface area (Å²) in [4.78, 5) is 0. The number of fused-ring (bicyclic) bond motifs is 6. The van der Waals surface area contributed by atoms with Gasteiger partial charge in [-0.15, -0.1) is 11.3 Å². The highest BCUT2D eigenvalue weighted by molar-refractivity contribution is 7.26. The standard InChI is InChI=1S/C33H22S/c1-21-8-6-14-29-30-15-7-13-26(33(30)34-32(21)29)22-16-18-23(19-17-22)31-20-24-9-2-3-10-25(24)27-11-4-5-12-28(27)31/h2-20H,1H3. The molecular formula is C33H22S. The van der Waals surface area contributed by atoms with Crippen LogP contribution in [0.3, 0.4) is 0 Å². The van der Waals surface area contributed by atoms with Gasteiger partial charge in [0, 0.05) is 20.2 Å². The Morgan fingerprint density at radius 3 is 1.82 bits per heavy atom. The second-order valence-corrected chi connectivity index (χ2v) is 10.0. The third-order valence-electron chi connectivity index (χ3n) is 7.00. The Morgan fingerprint density at radius 1 is 0.441 bits per heavy atom. The van der Waals surface area contributed by atoms with Gasteiger partial charge in [0.05, 0.1) is 0 Å². The van der Waals surface area contributed by atoms with E-state index >= 15 is 0 Å². The highest BCUT2D eigenvalue weighted by Crippen LogP contribution is 2.42. The minimum Gasteiger partial charge on any atom is -0.134 e. The topological polar surface area (TPSA) is 0 Å². The van der Waals surface area contributed by atoms with E-state index in [4.69, 9.17) is 0 Å². The van der Waals surface area contributed by atoms with Crippen LogP contribution in [0.15, 0.2) is 115 Å². The van der Waals surface area contributed by atoms with Crippen LogP contribution in [0.2, 0.25) is 0 Å². The fraction of sp³-hybridized carbons (Fsp3) is 0.0303. The molecule has 0 spiro atoms. The van der Waals surface area contributed by atoms with Gasteiger partial charge in [0.25, 0.3) is 0 Å². The van der Waals surface area contributed by atoms with E-state index in [0.717, 1.165) is 0 Å². The van der Waals surface area contributed by atoms with Gasteiger partial charge in [-0.3, -0.25) is 0 Å². The van der Waals surface area contributed by atoms with Gasteiger partial charge in [0.2, 0.25) is 0 Å². The molecule has 0 N–H and O–H groups in total. The van der Waals surface area contributed by atoms with Crippen LogP contribution in [0.5, 0.6) is 0 Å². The third kappa shape index (κ3) is 2.91. The molecule has 0 aliphatic heterocycles. The maximum absolute atomic E-state index is 2.34. The van der Waals surface area contributed by atoms with Gasteiger partial charge in [0.15, 0.2) is 0 Å². The van der Waals surface area contributed by atoms with Crippen molar-refractivity contribution in [3.63, 3.8) is 0 Å². The number of rotatable bonds is 2. The summed E-state index contributed by atoms with van der Waals surface area (Å²) >= 11 is 1.91. The third-order valence-corrected chi connectivity index (χ3v) is 8.39.